The Kier molecular flexibility index (Phi) is 19.5. The number of carboxylic acid groups (broad SMARTS) is 1. The molecule has 0 bridgehead atoms. The number of benzene rings is 1. The number of likely N-dealkylation sites (tertiary alicyclic amines) is 1. The van der Waals surface area contributed by atoms with Gasteiger partial charge in [0, 0.05) is 75.1 Å². The predicted octanol–water partition coefficient (Wildman–Crippen LogP) is 3.71. The molecule has 0 unspecified atom stereocenters. The van der Waals surface area contributed by atoms with Gasteiger partial charge in [0.05, 0.1) is 38.6 Å². The summed E-state index contributed by atoms with van der Waals surface area (Å²) >= 11 is 3.36. The number of halogens is 1. The minimum atomic E-state index is -1.13. The quantitative estimate of drug-likeness (QED) is 0.0329. The number of carbonyl (C=O) groups excluding carboxylic acids is 6. The van der Waals surface area contributed by atoms with Crippen LogP contribution in [-0.2, 0) is 60.7 Å². The number of aryl methyl sites for hydroxylation is 3. The first kappa shape index (κ1) is 54.4. The summed E-state index contributed by atoms with van der Waals surface area (Å²) in [6, 6.07) is 5.62. The fourth-order valence-corrected chi connectivity index (χ4v) is 8.78. The Hall–Kier alpha value is -5.91. The van der Waals surface area contributed by atoms with Crippen LogP contribution in [0, 0.1) is 19.3 Å². The van der Waals surface area contributed by atoms with Crippen LogP contribution >= 0.6 is 15.9 Å². The number of rotatable bonds is 30. The van der Waals surface area contributed by atoms with Gasteiger partial charge in [-0.3, -0.25) is 38.2 Å². The number of carboxylic acids is 1. The van der Waals surface area contributed by atoms with Crippen molar-refractivity contribution in [1.82, 2.24) is 34.9 Å². The van der Waals surface area contributed by atoms with Crippen molar-refractivity contribution < 1.29 is 57.6 Å². The minimum absolute atomic E-state index is 0.0703. The molecule has 1 aliphatic carbocycles. The number of ether oxygens (including phenoxy) is 4. The summed E-state index contributed by atoms with van der Waals surface area (Å²) in [7, 11) is 0. The van der Waals surface area contributed by atoms with Crippen molar-refractivity contribution in [2.45, 2.75) is 104 Å². The van der Waals surface area contributed by atoms with Gasteiger partial charge in [-0.05, 0) is 95.8 Å². The van der Waals surface area contributed by atoms with E-state index in [0.29, 0.717) is 58.6 Å². The van der Waals surface area contributed by atoms with Gasteiger partial charge in [-0.25, -0.2) is 15.0 Å². The number of piperidine rings is 1. The molecule has 4 atom stereocenters. The van der Waals surface area contributed by atoms with Crippen molar-refractivity contribution in [2.75, 3.05) is 64.7 Å². The van der Waals surface area contributed by atoms with E-state index in [0.717, 1.165) is 23.1 Å². The summed E-state index contributed by atoms with van der Waals surface area (Å²) in [5.74, 6) is -1.56. The highest BCUT2D eigenvalue weighted by atomic mass is 79.9. The molecule has 1 saturated carbocycles. The lowest BCUT2D eigenvalue weighted by Gasteiger charge is -2.27. The van der Waals surface area contributed by atoms with E-state index in [1.165, 1.54) is 6.92 Å². The number of carbonyl (C=O) groups is 7. The summed E-state index contributed by atoms with van der Waals surface area (Å²) in [4.78, 5) is 103. The van der Waals surface area contributed by atoms with Crippen molar-refractivity contribution in [3.8, 4) is 11.1 Å². The molecule has 4 heterocycles. The predicted molar refractivity (Wildman–Crippen MR) is 261 cm³/mol. The summed E-state index contributed by atoms with van der Waals surface area (Å²) in [6.07, 6.45) is 6.12. The molecule has 21 nitrogen and oxygen atoms in total. The highest BCUT2D eigenvalue weighted by Gasteiger charge is 2.64. The van der Waals surface area contributed by atoms with E-state index in [1.54, 1.807) is 28.0 Å². The van der Waals surface area contributed by atoms with Crippen LogP contribution in [0.5, 0.6) is 0 Å². The highest BCUT2D eigenvalue weighted by molar-refractivity contribution is 9.10. The fourth-order valence-electron chi connectivity index (χ4n) is 8.47. The van der Waals surface area contributed by atoms with E-state index in [2.05, 4.69) is 53.5 Å². The number of fused-ring (bicyclic) bond motifs is 2. The van der Waals surface area contributed by atoms with Crippen LogP contribution < -0.4 is 16.4 Å². The monoisotopic (exact) mass is 1050 g/mol. The van der Waals surface area contributed by atoms with Crippen LogP contribution in [0.3, 0.4) is 0 Å². The second-order valence-corrected chi connectivity index (χ2v) is 19.0. The molecule has 6 rings (SSSR count). The molecule has 0 radical (unpaired) electrons. The van der Waals surface area contributed by atoms with Crippen molar-refractivity contribution in [2.24, 2.45) is 11.1 Å². The molecule has 71 heavy (non-hydrogen) atoms. The molecule has 3 amide bonds. The number of aromatic nitrogens is 5. The van der Waals surface area contributed by atoms with Gasteiger partial charge < -0.3 is 45.3 Å². The van der Waals surface area contributed by atoms with Crippen LogP contribution in [0.4, 0.5) is 5.82 Å². The van der Waals surface area contributed by atoms with Crippen molar-refractivity contribution >= 4 is 73.7 Å². The minimum Gasteiger partial charge on any atom is -0.480 e. The third-order valence-corrected chi connectivity index (χ3v) is 12.9. The third kappa shape index (κ3) is 15.3. The third-order valence-electron chi connectivity index (χ3n) is 12.5. The summed E-state index contributed by atoms with van der Waals surface area (Å²) < 4.78 is 23.7. The maximum Gasteiger partial charge on any atom is 0.320 e. The summed E-state index contributed by atoms with van der Waals surface area (Å²) in [6.45, 7) is 8.56. The van der Waals surface area contributed by atoms with Crippen LogP contribution in [-0.4, -0.2) is 153 Å². The molecule has 0 spiro atoms. The van der Waals surface area contributed by atoms with E-state index in [-0.39, 0.29) is 137 Å². The number of ketones is 3. The SMILES string of the molecule is CC(=O)c1nn(CC(=O)N2[C@H](C(=O)Nc3nc(Br)ccc3C)C[C@@]3(C)C[C@@H]23)c2c(C)cc(-c3cnc(CCC(=O)COCCOCCNC(=O)COCCOCCCC(=O)CC[C@H](N)C(=O)O)nc3)cc12. The van der Waals surface area contributed by atoms with Gasteiger partial charge in [-0.2, -0.15) is 5.10 Å². The van der Waals surface area contributed by atoms with Gasteiger partial charge >= 0.3 is 5.97 Å². The van der Waals surface area contributed by atoms with E-state index in [4.69, 9.17) is 29.8 Å². The number of hydrogen-bond acceptors (Lipinski definition) is 16. The van der Waals surface area contributed by atoms with E-state index in [1.807, 2.05) is 32.0 Å². The topological polar surface area (TPSA) is 286 Å². The number of Topliss-reactive ketones (excluding diaryl/α,β-unsaturated/α-hetero) is 3. The van der Waals surface area contributed by atoms with Crippen LogP contribution in [0.15, 0.2) is 41.3 Å². The number of nitrogens with one attached hydrogen (secondary N) is 2. The number of anilines is 1. The maximum absolute atomic E-state index is 14.1. The smallest absolute Gasteiger partial charge is 0.320 e. The average Bonchev–Trinajstić information content (AvgIpc) is 3.68. The molecule has 3 aromatic heterocycles. The zero-order valence-corrected chi connectivity index (χ0v) is 42.1. The van der Waals surface area contributed by atoms with Gasteiger partial charge in [0.25, 0.3) is 0 Å². The van der Waals surface area contributed by atoms with Crippen molar-refractivity contribution in [1.29, 1.82) is 0 Å². The fraction of sp³-hybridized carbons (Fsp3) is 0.531. The van der Waals surface area contributed by atoms with E-state index in [9.17, 15) is 33.6 Å². The molecule has 5 N–H and O–H groups in total. The number of hydrogen-bond donors (Lipinski definition) is 4. The first-order valence-electron chi connectivity index (χ1n) is 23.6. The normalized spacial score (nSPS) is 17.5. The Morgan fingerprint density at radius 2 is 1.58 bits per heavy atom. The second-order valence-electron chi connectivity index (χ2n) is 18.2. The Balaban J connectivity index is 0.872. The van der Waals surface area contributed by atoms with Crippen molar-refractivity contribution in [3.63, 3.8) is 0 Å². The molecule has 22 heteroatoms. The zero-order chi connectivity index (χ0) is 51.2. The molecule has 2 aliphatic rings. The lowest BCUT2D eigenvalue weighted by Crippen LogP contribution is -2.47. The van der Waals surface area contributed by atoms with Crippen LogP contribution in [0.25, 0.3) is 22.0 Å². The average molecular weight is 1050 g/mol. The van der Waals surface area contributed by atoms with E-state index < -0.39 is 18.1 Å². The number of nitrogens with two attached hydrogens (primary N) is 1. The molecule has 1 aromatic carbocycles. The van der Waals surface area contributed by atoms with Crippen LogP contribution in [0.1, 0.15) is 86.2 Å². The first-order chi connectivity index (χ1) is 33.9. The molecular formula is C49H62BrN9O12. The lowest BCUT2D eigenvalue weighted by atomic mass is 10.0. The largest absolute Gasteiger partial charge is 0.480 e. The molecule has 1 saturated heterocycles. The van der Waals surface area contributed by atoms with Gasteiger partial charge in [0.1, 0.15) is 59.6 Å². The Bertz CT molecular complexity index is 2590. The summed E-state index contributed by atoms with van der Waals surface area (Å²) in [5.41, 5.74) is 9.12. The van der Waals surface area contributed by atoms with Gasteiger partial charge in [-0.15, -0.1) is 0 Å². The standard InChI is InChI=1S/C49H62BrN9O12/c1-29-7-11-40(50)55-46(29)56-47(65)38-22-49(4)23-39(49)59(38)43(64)26-58-45-30(2)20-32(21-36(45)44(57-58)31(3)60)33-24-53-41(54-25-33)12-9-35(62)27-70-18-17-69-15-13-52-42(63)28-71-19-16-68-14-5-6-34(61)8-10-37(51)48(66)67/h7,11,20-21,24-25,37-39H,5-6,8-10,12-19,22-23,26-28,51H2,1-4H3,(H,52,63)(H,66,67)(H,55,56,65)/t37-,38-,39+,49-/m0/s1. The Morgan fingerprint density at radius 1 is 0.873 bits per heavy atom. The first-order valence-corrected chi connectivity index (χ1v) is 24.4. The molecule has 4 aromatic rings. The lowest BCUT2D eigenvalue weighted by molar-refractivity contribution is -0.139. The molecule has 382 valence electrons. The number of aliphatic carboxylic acids is 1. The van der Waals surface area contributed by atoms with Crippen molar-refractivity contribution in [3.05, 3.63) is 63.9 Å². The molecule has 1 aliphatic heterocycles. The Morgan fingerprint density at radius 3 is 2.30 bits per heavy atom. The number of nitrogens with zero attached hydrogens (tertiary/aromatic N) is 6. The summed E-state index contributed by atoms with van der Waals surface area (Å²) in [5, 5.41) is 19.6. The number of pyridine rings is 1. The highest BCUT2D eigenvalue weighted by Crippen LogP contribution is 2.59. The Labute approximate surface area is 419 Å². The van der Waals surface area contributed by atoms with Gasteiger partial charge in [0.2, 0.25) is 17.7 Å². The van der Waals surface area contributed by atoms with Crippen LogP contribution in [0.2, 0.25) is 0 Å². The zero-order valence-electron chi connectivity index (χ0n) is 40.5. The molecular weight excluding hydrogens is 986 g/mol. The van der Waals surface area contributed by atoms with E-state index >= 15 is 0 Å². The molecule has 2 fully saturated rings. The second kappa shape index (κ2) is 25.5. The van der Waals surface area contributed by atoms with Gasteiger partial charge in [0.15, 0.2) is 11.6 Å². The van der Waals surface area contributed by atoms with Gasteiger partial charge in [-0.1, -0.05) is 13.0 Å². The number of amides is 3. The maximum atomic E-state index is 14.1.